The first-order chi connectivity index (χ1) is 13.7. The second-order valence-electron chi connectivity index (χ2n) is 6.69. The second kappa shape index (κ2) is 7.75. The number of rotatable bonds is 4. The van der Waals surface area contributed by atoms with Crippen molar-refractivity contribution in [2.75, 3.05) is 20.2 Å². The number of piperidine rings is 1. The zero-order valence-electron chi connectivity index (χ0n) is 15.5. The molecule has 2 aromatic carbocycles. The van der Waals surface area contributed by atoms with E-state index in [1.165, 1.54) is 24.3 Å². The Morgan fingerprint density at radius 3 is 2.75 bits per heavy atom. The summed E-state index contributed by atoms with van der Waals surface area (Å²) in [7, 11) is 1.60. The third-order valence-electron chi connectivity index (χ3n) is 4.88. The number of aromatic nitrogens is 4. The molecular formula is C20H20FN5O2. The summed E-state index contributed by atoms with van der Waals surface area (Å²) in [5.41, 5.74) is 1.25. The highest BCUT2D eigenvalue weighted by Gasteiger charge is 2.27. The average molecular weight is 381 g/mol. The predicted molar refractivity (Wildman–Crippen MR) is 100 cm³/mol. The van der Waals surface area contributed by atoms with Crippen LogP contribution in [0.5, 0.6) is 5.75 Å². The number of carbonyl (C=O) groups excluding carboxylic acids is 1. The molecule has 3 aromatic rings. The van der Waals surface area contributed by atoms with E-state index in [2.05, 4.69) is 15.4 Å². The molecule has 2 heterocycles. The highest BCUT2D eigenvalue weighted by molar-refractivity contribution is 5.94. The number of tetrazole rings is 1. The van der Waals surface area contributed by atoms with Gasteiger partial charge in [-0.05, 0) is 54.5 Å². The molecule has 1 atom stereocenters. The molecule has 7 nitrogen and oxygen atoms in total. The number of methoxy groups -OCH3 is 1. The Balaban J connectivity index is 1.51. The Hall–Kier alpha value is -3.29. The fourth-order valence-corrected chi connectivity index (χ4v) is 3.42. The van der Waals surface area contributed by atoms with Gasteiger partial charge < -0.3 is 9.64 Å². The number of para-hydroxylation sites is 1. The van der Waals surface area contributed by atoms with E-state index in [-0.39, 0.29) is 17.8 Å². The Morgan fingerprint density at radius 1 is 1.18 bits per heavy atom. The molecule has 0 unspecified atom stereocenters. The molecule has 28 heavy (non-hydrogen) atoms. The van der Waals surface area contributed by atoms with Gasteiger partial charge in [0.15, 0.2) is 0 Å². The summed E-state index contributed by atoms with van der Waals surface area (Å²) in [5.74, 6) is 0.691. The van der Waals surface area contributed by atoms with Crippen LogP contribution >= 0.6 is 0 Å². The molecule has 0 aliphatic carbocycles. The third kappa shape index (κ3) is 3.58. The van der Waals surface area contributed by atoms with Gasteiger partial charge in [-0.1, -0.05) is 12.1 Å². The van der Waals surface area contributed by atoms with Crippen molar-refractivity contribution in [2.24, 2.45) is 0 Å². The number of ether oxygens (including phenoxy) is 1. The molecule has 1 aromatic heterocycles. The van der Waals surface area contributed by atoms with Crippen molar-refractivity contribution >= 4 is 5.91 Å². The van der Waals surface area contributed by atoms with E-state index in [1.807, 2.05) is 24.3 Å². The molecule has 1 aliphatic rings. The topological polar surface area (TPSA) is 73.1 Å². The fourth-order valence-electron chi connectivity index (χ4n) is 3.42. The number of halogens is 1. The van der Waals surface area contributed by atoms with Gasteiger partial charge in [0, 0.05) is 18.7 Å². The van der Waals surface area contributed by atoms with Crippen LogP contribution in [0.4, 0.5) is 4.39 Å². The van der Waals surface area contributed by atoms with Gasteiger partial charge in [0.1, 0.15) is 11.6 Å². The van der Waals surface area contributed by atoms with Gasteiger partial charge in [-0.2, -0.15) is 4.80 Å². The maximum absolute atomic E-state index is 13.1. The van der Waals surface area contributed by atoms with Crippen LogP contribution in [0.3, 0.4) is 0 Å². The van der Waals surface area contributed by atoms with E-state index in [0.29, 0.717) is 30.2 Å². The van der Waals surface area contributed by atoms with Crippen molar-refractivity contribution in [2.45, 2.75) is 18.9 Å². The number of benzene rings is 2. The van der Waals surface area contributed by atoms with Crippen LogP contribution in [0.2, 0.25) is 0 Å². The van der Waals surface area contributed by atoms with E-state index in [9.17, 15) is 9.18 Å². The molecule has 4 rings (SSSR count). The van der Waals surface area contributed by atoms with Gasteiger partial charge in [-0.15, -0.1) is 10.2 Å². The van der Waals surface area contributed by atoms with Gasteiger partial charge >= 0.3 is 0 Å². The van der Waals surface area contributed by atoms with Gasteiger partial charge in [0.25, 0.3) is 5.91 Å². The average Bonchev–Trinajstić information content (AvgIpc) is 3.24. The van der Waals surface area contributed by atoms with E-state index in [4.69, 9.17) is 4.74 Å². The van der Waals surface area contributed by atoms with Crippen LogP contribution in [0.15, 0.2) is 48.5 Å². The molecule has 0 saturated carbocycles. The van der Waals surface area contributed by atoms with Gasteiger partial charge in [0.2, 0.25) is 5.82 Å². The van der Waals surface area contributed by atoms with Crippen LogP contribution in [0, 0.1) is 5.82 Å². The van der Waals surface area contributed by atoms with Crippen molar-refractivity contribution in [3.8, 4) is 17.1 Å². The number of amides is 1. The Kier molecular flexibility index (Phi) is 5.01. The molecular weight excluding hydrogens is 361 g/mol. The molecule has 1 fully saturated rings. The summed E-state index contributed by atoms with van der Waals surface area (Å²) in [6, 6.07) is 13.1. The van der Waals surface area contributed by atoms with Crippen LogP contribution < -0.4 is 4.74 Å². The van der Waals surface area contributed by atoms with Crippen molar-refractivity contribution in [3.63, 3.8) is 0 Å². The highest BCUT2D eigenvalue weighted by atomic mass is 19.1. The van der Waals surface area contributed by atoms with Crippen LogP contribution in [0.1, 0.15) is 29.2 Å². The summed E-state index contributed by atoms with van der Waals surface area (Å²) in [6.45, 7) is 1.14. The summed E-state index contributed by atoms with van der Waals surface area (Å²) >= 11 is 0. The molecule has 0 N–H and O–H groups in total. The lowest BCUT2D eigenvalue weighted by Gasteiger charge is -2.31. The predicted octanol–water partition coefficient (Wildman–Crippen LogP) is 2.97. The maximum atomic E-state index is 13.1. The second-order valence-corrected chi connectivity index (χ2v) is 6.69. The lowest BCUT2D eigenvalue weighted by atomic mass is 10.0. The van der Waals surface area contributed by atoms with Crippen molar-refractivity contribution in [1.29, 1.82) is 0 Å². The monoisotopic (exact) mass is 381 g/mol. The largest absolute Gasteiger partial charge is 0.496 e. The lowest BCUT2D eigenvalue weighted by Crippen LogP contribution is -2.41. The minimum atomic E-state index is -0.358. The first-order valence-electron chi connectivity index (χ1n) is 9.13. The molecule has 0 bridgehead atoms. The third-order valence-corrected chi connectivity index (χ3v) is 4.88. The van der Waals surface area contributed by atoms with Crippen LogP contribution in [0.25, 0.3) is 11.4 Å². The SMILES string of the molecule is COc1ccccc1-c1nnn([C@H]2CCCN(C(=O)c3ccc(F)cc3)C2)n1. The summed E-state index contributed by atoms with van der Waals surface area (Å²) in [5, 5.41) is 12.9. The summed E-state index contributed by atoms with van der Waals surface area (Å²) in [6.07, 6.45) is 1.69. The Labute approximate surface area is 161 Å². The molecule has 0 radical (unpaired) electrons. The molecule has 0 spiro atoms. The molecule has 1 aliphatic heterocycles. The molecule has 144 valence electrons. The first-order valence-corrected chi connectivity index (χ1v) is 9.13. The highest BCUT2D eigenvalue weighted by Crippen LogP contribution is 2.27. The quantitative estimate of drug-likeness (QED) is 0.695. The van der Waals surface area contributed by atoms with Gasteiger partial charge in [0.05, 0.1) is 18.7 Å². The van der Waals surface area contributed by atoms with Crippen LogP contribution in [-0.2, 0) is 0 Å². The first kappa shape index (κ1) is 18.1. The molecule has 1 amide bonds. The summed E-state index contributed by atoms with van der Waals surface area (Å²) in [4.78, 5) is 16.1. The van der Waals surface area contributed by atoms with Crippen molar-refractivity contribution in [3.05, 3.63) is 59.9 Å². The Morgan fingerprint density at radius 2 is 1.96 bits per heavy atom. The van der Waals surface area contributed by atoms with E-state index in [1.54, 1.807) is 16.8 Å². The van der Waals surface area contributed by atoms with Crippen LogP contribution in [-0.4, -0.2) is 51.2 Å². The summed E-state index contributed by atoms with van der Waals surface area (Å²) < 4.78 is 18.5. The maximum Gasteiger partial charge on any atom is 0.253 e. The number of carbonyl (C=O) groups is 1. The van der Waals surface area contributed by atoms with Crippen molar-refractivity contribution < 1.29 is 13.9 Å². The van der Waals surface area contributed by atoms with Gasteiger partial charge in [-0.3, -0.25) is 4.79 Å². The van der Waals surface area contributed by atoms with E-state index in [0.717, 1.165) is 18.4 Å². The minimum absolute atomic E-state index is 0.0610. The number of hydrogen-bond donors (Lipinski definition) is 0. The minimum Gasteiger partial charge on any atom is -0.496 e. The van der Waals surface area contributed by atoms with Crippen molar-refractivity contribution in [1.82, 2.24) is 25.1 Å². The Bertz CT molecular complexity index is 973. The smallest absolute Gasteiger partial charge is 0.253 e. The standard InChI is InChI=1S/C20H20FN5O2/c1-28-18-7-3-2-6-17(18)19-22-24-26(23-19)16-5-4-12-25(13-16)20(27)14-8-10-15(21)11-9-14/h2-3,6-11,16H,4-5,12-13H2,1H3/t16-/m0/s1. The van der Waals surface area contributed by atoms with E-state index < -0.39 is 0 Å². The zero-order chi connectivity index (χ0) is 19.5. The fraction of sp³-hybridized carbons (Fsp3) is 0.300. The lowest BCUT2D eigenvalue weighted by molar-refractivity contribution is 0.0663. The number of nitrogens with zero attached hydrogens (tertiary/aromatic N) is 5. The zero-order valence-corrected chi connectivity index (χ0v) is 15.5. The molecule has 1 saturated heterocycles. The van der Waals surface area contributed by atoms with Gasteiger partial charge in [-0.25, -0.2) is 4.39 Å². The number of hydrogen-bond acceptors (Lipinski definition) is 5. The molecule has 8 heteroatoms. The van der Waals surface area contributed by atoms with E-state index >= 15 is 0 Å². The number of likely N-dealkylation sites (tertiary alicyclic amines) is 1. The normalized spacial score (nSPS) is 16.8.